The normalized spacial score (nSPS) is 22.4. The van der Waals surface area contributed by atoms with Crippen LogP contribution in [0.15, 0.2) is 48.9 Å². The van der Waals surface area contributed by atoms with Gasteiger partial charge in [0.2, 0.25) is 0 Å². The third kappa shape index (κ3) is 3.54. The minimum atomic E-state index is -0.353. The van der Waals surface area contributed by atoms with Crippen molar-refractivity contribution in [2.24, 2.45) is 12.5 Å². The fraction of sp³-hybridized carbons (Fsp3) is 0.381. The zero-order valence-electron chi connectivity index (χ0n) is 17.2. The number of hydrogen-bond donors (Lipinski definition) is 2. The summed E-state index contributed by atoms with van der Waals surface area (Å²) in [4.78, 5) is 32.1. The van der Waals surface area contributed by atoms with Crippen LogP contribution in [0, 0.1) is 5.41 Å². The number of hydrogen-bond acceptors (Lipinski definition) is 5. The molecular formula is C21H24N8O2. The molecule has 10 nitrogen and oxygen atoms in total. The monoisotopic (exact) mass is 420 g/mol. The Hall–Kier alpha value is -3.69. The summed E-state index contributed by atoms with van der Waals surface area (Å²) in [5.74, 6) is 0.638. The second-order valence-electron chi connectivity index (χ2n) is 8.20. The molecule has 4 heterocycles. The molecule has 1 aromatic carbocycles. The highest BCUT2D eigenvalue weighted by Gasteiger charge is 2.51. The van der Waals surface area contributed by atoms with Crippen molar-refractivity contribution in [2.75, 3.05) is 18.4 Å². The summed E-state index contributed by atoms with van der Waals surface area (Å²) in [6, 6.07) is 10.4. The lowest BCUT2D eigenvalue weighted by Crippen LogP contribution is -2.49. The summed E-state index contributed by atoms with van der Waals surface area (Å²) >= 11 is 0. The average molecular weight is 420 g/mol. The summed E-state index contributed by atoms with van der Waals surface area (Å²) < 4.78 is 3.46. The number of nitrogens with one attached hydrogen (secondary N) is 2. The molecule has 5 rings (SSSR count). The van der Waals surface area contributed by atoms with Crippen LogP contribution in [-0.2, 0) is 13.6 Å². The van der Waals surface area contributed by atoms with Gasteiger partial charge in [-0.2, -0.15) is 10.2 Å². The zero-order valence-corrected chi connectivity index (χ0v) is 17.2. The van der Waals surface area contributed by atoms with Crippen LogP contribution >= 0.6 is 0 Å². The van der Waals surface area contributed by atoms with Crippen LogP contribution in [0.3, 0.4) is 0 Å². The van der Waals surface area contributed by atoms with Gasteiger partial charge in [0.15, 0.2) is 0 Å². The molecule has 1 fully saturated rings. The first-order valence-electron chi connectivity index (χ1n) is 10.3. The molecule has 2 N–H and O–H groups in total. The second kappa shape index (κ2) is 7.53. The number of aryl methyl sites for hydroxylation is 2. The molecule has 2 aliphatic heterocycles. The summed E-state index contributed by atoms with van der Waals surface area (Å²) in [5, 5.41) is 14.5. The van der Waals surface area contributed by atoms with Crippen molar-refractivity contribution in [2.45, 2.75) is 25.4 Å². The molecule has 0 bridgehead atoms. The predicted octanol–water partition coefficient (Wildman–Crippen LogP) is 1.81. The third-order valence-electron chi connectivity index (χ3n) is 6.25. The first kappa shape index (κ1) is 19.3. The molecule has 31 heavy (non-hydrogen) atoms. The van der Waals surface area contributed by atoms with Gasteiger partial charge in [-0.05, 0) is 31.0 Å². The van der Waals surface area contributed by atoms with Crippen molar-refractivity contribution in [1.29, 1.82) is 0 Å². The van der Waals surface area contributed by atoms with Crippen LogP contribution in [0.4, 0.5) is 10.5 Å². The van der Waals surface area contributed by atoms with Gasteiger partial charge in [0.1, 0.15) is 17.8 Å². The molecule has 2 aromatic heterocycles. The highest BCUT2D eigenvalue weighted by atomic mass is 16.2. The Labute approximate surface area is 179 Å². The lowest BCUT2D eigenvalue weighted by molar-refractivity contribution is 0.0728. The molecule has 0 saturated carbocycles. The molecule has 3 amide bonds. The van der Waals surface area contributed by atoms with Gasteiger partial charge in [-0.25, -0.2) is 14.5 Å². The van der Waals surface area contributed by atoms with Crippen molar-refractivity contribution in [3.63, 3.8) is 0 Å². The number of aromatic nitrogens is 5. The maximum Gasteiger partial charge on any atom is 0.319 e. The summed E-state index contributed by atoms with van der Waals surface area (Å²) in [6.07, 6.45) is 4.85. The van der Waals surface area contributed by atoms with E-state index in [9.17, 15) is 9.59 Å². The molecule has 0 unspecified atom stereocenters. The van der Waals surface area contributed by atoms with Gasteiger partial charge >= 0.3 is 6.03 Å². The van der Waals surface area contributed by atoms with Crippen LogP contribution in [0.1, 0.15) is 35.2 Å². The van der Waals surface area contributed by atoms with Gasteiger partial charge in [0, 0.05) is 44.0 Å². The van der Waals surface area contributed by atoms with Gasteiger partial charge in [0.05, 0.1) is 6.04 Å². The Bertz CT molecular complexity index is 1110. The first-order chi connectivity index (χ1) is 15.0. The fourth-order valence-electron chi connectivity index (χ4n) is 4.65. The number of fused-ring (bicyclic) bond motifs is 1. The Morgan fingerprint density at radius 3 is 2.71 bits per heavy atom. The van der Waals surface area contributed by atoms with Gasteiger partial charge in [-0.15, -0.1) is 0 Å². The zero-order chi connectivity index (χ0) is 21.4. The smallest absolute Gasteiger partial charge is 0.319 e. The largest absolute Gasteiger partial charge is 0.337 e. The number of amides is 3. The van der Waals surface area contributed by atoms with Gasteiger partial charge in [-0.1, -0.05) is 18.2 Å². The molecule has 2 atom stereocenters. The quantitative estimate of drug-likeness (QED) is 0.672. The first-order valence-corrected chi connectivity index (χ1v) is 10.3. The summed E-state index contributed by atoms with van der Waals surface area (Å²) in [6.45, 7) is 1.85. The Balaban J connectivity index is 1.38. The van der Waals surface area contributed by atoms with Crippen LogP contribution in [0.5, 0.6) is 0 Å². The Morgan fingerprint density at radius 2 is 1.94 bits per heavy atom. The molecule has 2 aliphatic rings. The molecule has 0 radical (unpaired) electrons. The molecule has 3 aromatic rings. The number of rotatable bonds is 3. The van der Waals surface area contributed by atoms with Gasteiger partial charge < -0.3 is 15.5 Å². The molecule has 160 valence electrons. The molecule has 10 heteroatoms. The number of benzene rings is 1. The third-order valence-corrected chi connectivity index (χ3v) is 6.25. The highest BCUT2D eigenvalue weighted by molar-refractivity contribution is 5.92. The highest BCUT2D eigenvalue weighted by Crippen LogP contribution is 2.47. The van der Waals surface area contributed by atoms with Crippen molar-refractivity contribution in [3.8, 4) is 0 Å². The fourth-order valence-corrected chi connectivity index (χ4v) is 4.65. The topological polar surface area (TPSA) is 110 Å². The average Bonchev–Trinajstić information content (AvgIpc) is 3.51. The number of likely N-dealkylation sites (tertiary alicyclic amines) is 1. The maximum atomic E-state index is 13.0. The molecule has 0 aliphatic carbocycles. The van der Waals surface area contributed by atoms with Crippen LogP contribution in [0.2, 0.25) is 0 Å². The SMILES string of the molecule is Cn1ccc(C(=O)N2CC[C@@]3(CCn4ncnc4[C@H]3NC(=O)Nc3ccccc3)C2)n1. The van der Waals surface area contributed by atoms with E-state index in [0.29, 0.717) is 31.0 Å². The lowest BCUT2D eigenvalue weighted by Gasteiger charge is -2.40. The molecular weight excluding hydrogens is 396 g/mol. The van der Waals surface area contributed by atoms with Gasteiger partial charge in [-0.3, -0.25) is 9.48 Å². The predicted molar refractivity (Wildman–Crippen MR) is 112 cm³/mol. The minimum absolute atomic E-state index is 0.0861. The standard InChI is InChI=1S/C21H24N8O2/c1-27-10-7-16(26-27)19(30)28-11-8-21(13-28)9-12-29-18(22-14-23-29)17(21)25-20(31)24-15-5-3-2-4-6-15/h2-7,10,14,17H,8-9,11-13H2,1H3,(H2,24,25,31)/t17-,21-/m1/s1. The van der Waals surface area contributed by atoms with E-state index < -0.39 is 0 Å². The number of carbonyl (C=O) groups excluding carboxylic acids is 2. The molecule has 1 spiro atoms. The van der Waals surface area contributed by atoms with Crippen LogP contribution in [-0.4, -0.2) is 54.5 Å². The Kier molecular flexibility index (Phi) is 4.68. The molecule has 1 saturated heterocycles. The summed E-state index contributed by atoms with van der Waals surface area (Å²) in [5.41, 5.74) is 0.844. The number of urea groups is 1. The maximum absolute atomic E-state index is 13.0. The van der Waals surface area contributed by atoms with Crippen LogP contribution < -0.4 is 10.6 Å². The van der Waals surface area contributed by atoms with Gasteiger partial charge in [0.25, 0.3) is 5.91 Å². The van der Waals surface area contributed by atoms with Crippen LogP contribution in [0.25, 0.3) is 0 Å². The number of para-hydroxylation sites is 1. The minimum Gasteiger partial charge on any atom is -0.337 e. The number of anilines is 1. The van der Waals surface area contributed by atoms with E-state index >= 15 is 0 Å². The van der Waals surface area contributed by atoms with E-state index in [2.05, 4.69) is 25.8 Å². The van der Waals surface area contributed by atoms with E-state index in [0.717, 1.165) is 18.7 Å². The second-order valence-corrected chi connectivity index (χ2v) is 8.20. The number of nitrogens with zero attached hydrogens (tertiary/aromatic N) is 6. The van der Waals surface area contributed by atoms with Crippen molar-refractivity contribution >= 4 is 17.6 Å². The number of carbonyl (C=O) groups is 2. The van der Waals surface area contributed by atoms with E-state index in [-0.39, 0.29) is 23.4 Å². The van der Waals surface area contributed by atoms with Crippen molar-refractivity contribution in [3.05, 3.63) is 60.4 Å². The van der Waals surface area contributed by atoms with E-state index in [1.165, 1.54) is 6.33 Å². The van der Waals surface area contributed by atoms with Crippen molar-refractivity contribution < 1.29 is 9.59 Å². The summed E-state index contributed by atoms with van der Waals surface area (Å²) in [7, 11) is 1.79. The lowest BCUT2D eigenvalue weighted by atomic mass is 9.74. The van der Waals surface area contributed by atoms with E-state index in [4.69, 9.17) is 0 Å². The van der Waals surface area contributed by atoms with E-state index in [1.807, 2.05) is 39.9 Å². The Morgan fingerprint density at radius 1 is 1.13 bits per heavy atom. The van der Waals surface area contributed by atoms with E-state index in [1.54, 1.807) is 24.0 Å². The van der Waals surface area contributed by atoms with Crippen molar-refractivity contribution in [1.82, 2.24) is 34.8 Å².